The van der Waals surface area contributed by atoms with Gasteiger partial charge in [-0.2, -0.15) is 0 Å². The van der Waals surface area contributed by atoms with Crippen molar-refractivity contribution in [3.63, 3.8) is 0 Å². The Hall–Kier alpha value is -5.34. The molecule has 0 saturated heterocycles. The first kappa shape index (κ1) is 26.6. The summed E-state index contributed by atoms with van der Waals surface area (Å²) in [6.07, 6.45) is 7.12. The number of fused-ring (bicyclic) bond motifs is 3. The Morgan fingerprint density at radius 1 is 0.605 bits per heavy atom. The molecule has 43 heavy (non-hydrogen) atoms. The molecule has 7 aromatic rings. The molecule has 0 bridgehead atoms. The van der Waals surface area contributed by atoms with Crippen LogP contribution in [0, 0.1) is 0 Å². The zero-order valence-corrected chi connectivity index (χ0v) is 24.5. The molecular formula is C41H32N2. The predicted molar refractivity (Wildman–Crippen MR) is 185 cm³/mol. The maximum atomic E-state index is 4.65. The number of hydrogen-bond donors (Lipinski definition) is 0. The van der Waals surface area contributed by atoms with Gasteiger partial charge in [-0.3, -0.25) is 9.98 Å². The second kappa shape index (κ2) is 11.5. The summed E-state index contributed by atoms with van der Waals surface area (Å²) < 4.78 is 0. The van der Waals surface area contributed by atoms with Gasteiger partial charge in [0.25, 0.3) is 0 Å². The van der Waals surface area contributed by atoms with Crippen molar-refractivity contribution in [1.29, 1.82) is 0 Å². The Morgan fingerprint density at radius 2 is 1.26 bits per heavy atom. The molecule has 0 aliphatic heterocycles. The summed E-state index contributed by atoms with van der Waals surface area (Å²) in [4.78, 5) is 9.21. The molecule has 0 spiro atoms. The van der Waals surface area contributed by atoms with Crippen molar-refractivity contribution in [2.24, 2.45) is 4.99 Å². The number of aromatic nitrogens is 1. The van der Waals surface area contributed by atoms with Gasteiger partial charge in [0.1, 0.15) is 0 Å². The van der Waals surface area contributed by atoms with Crippen molar-refractivity contribution >= 4 is 38.0 Å². The van der Waals surface area contributed by atoms with Crippen molar-refractivity contribution in [3.8, 4) is 33.5 Å². The van der Waals surface area contributed by atoms with Crippen LogP contribution in [0.25, 0.3) is 65.8 Å². The van der Waals surface area contributed by atoms with Crippen molar-refractivity contribution < 1.29 is 0 Å². The lowest BCUT2D eigenvalue weighted by Crippen LogP contribution is -1.98. The van der Waals surface area contributed by atoms with Gasteiger partial charge in [-0.1, -0.05) is 116 Å². The lowest BCUT2D eigenvalue weighted by molar-refractivity contribution is 1.23. The van der Waals surface area contributed by atoms with Gasteiger partial charge in [0, 0.05) is 24.4 Å². The summed E-state index contributed by atoms with van der Waals surface area (Å²) in [6, 6.07) is 46.0. The first-order valence-electron chi connectivity index (χ1n) is 14.9. The third-order valence-electron chi connectivity index (χ3n) is 8.24. The molecule has 0 aliphatic carbocycles. The van der Waals surface area contributed by atoms with E-state index >= 15 is 0 Å². The lowest BCUT2D eigenvalue weighted by atomic mass is 9.84. The minimum absolute atomic E-state index is 0.969. The number of rotatable bonds is 6. The largest absolute Gasteiger partial charge is 0.288 e. The fraction of sp³-hybridized carbons (Fsp3) is 0.0732. The van der Waals surface area contributed by atoms with Crippen LogP contribution in [0.2, 0.25) is 0 Å². The topological polar surface area (TPSA) is 25.2 Å². The Labute approximate surface area is 252 Å². The van der Waals surface area contributed by atoms with E-state index in [0.29, 0.717) is 0 Å². The molecule has 0 saturated carbocycles. The van der Waals surface area contributed by atoms with Gasteiger partial charge in [0.15, 0.2) is 0 Å². The summed E-state index contributed by atoms with van der Waals surface area (Å²) in [7, 11) is 1.87. The van der Waals surface area contributed by atoms with Crippen LogP contribution < -0.4 is 0 Å². The van der Waals surface area contributed by atoms with Crippen molar-refractivity contribution in [2.45, 2.75) is 13.3 Å². The first-order valence-corrected chi connectivity index (χ1v) is 14.9. The molecular weight excluding hydrogens is 520 g/mol. The van der Waals surface area contributed by atoms with Crippen molar-refractivity contribution in [2.75, 3.05) is 7.05 Å². The molecule has 6 aromatic carbocycles. The number of hydrogen-bond acceptors (Lipinski definition) is 2. The highest BCUT2D eigenvalue weighted by Gasteiger charge is 2.18. The third kappa shape index (κ3) is 4.91. The summed E-state index contributed by atoms with van der Waals surface area (Å²) in [5, 5.41) is 7.43. The van der Waals surface area contributed by atoms with Gasteiger partial charge in [-0.25, -0.2) is 0 Å². The molecule has 206 valence electrons. The summed E-state index contributed by atoms with van der Waals surface area (Å²) in [6.45, 7) is 2.15. The highest BCUT2D eigenvalue weighted by molar-refractivity contribution is 6.23. The van der Waals surface area contributed by atoms with Crippen LogP contribution in [0.5, 0.6) is 0 Å². The van der Waals surface area contributed by atoms with E-state index in [0.717, 1.165) is 29.0 Å². The molecule has 0 aliphatic rings. The first-order chi connectivity index (χ1) is 21.2. The molecule has 0 amide bonds. The zero-order valence-electron chi connectivity index (χ0n) is 24.5. The van der Waals surface area contributed by atoms with Gasteiger partial charge in [0.2, 0.25) is 0 Å². The smallest absolute Gasteiger partial charge is 0.0701 e. The van der Waals surface area contributed by atoms with Crippen LogP contribution in [-0.4, -0.2) is 17.7 Å². The molecule has 7 rings (SSSR count). The lowest BCUT2D eigenvalue weighted by Gasteiger charge is -2.19. The molecule has 0 unspecified atom stereocenters. The fourth-order valence-corrected chi connectivity index (χ4v) is 6.18. The van der Waals surface area contributed by atoms with Gasteiger partial charge < -0.3 is 0 Å². The maximum absolute atomic E-state index is 4.65. The Balaban J connectivity index is 1.54. The second-order valence-corrected chi connectivity index (χ2v) is 10.8. The third-order valence-corrected chi connectivity index (χ3v) is 8.24. The average molecular weight is 553 g/mol. The molecule has 0 radical (unpaired) electrons. The van der Waals surface area contributed by atoms with Gasteiger partial charge in [-0.05, 0) is 91.3 Å². The molecule has 1 aromatic heterocycles. The van der Waals surface area contributed by atoms with Gasteiger partial charge in [-0.15, -0.1) is 0 Å². The SMILES string of the molecule is CC/C=C\C(=NC)c1ccc2c(-c3ccc4ccccc4c3)c3ccccc3c(-c3ccc(-c4ccccn4)cc3)c2c1. The van der Waals surface area contributed by atoms with Crippen LogP contribution in [-0.2, 0) is 0 Å². The Morgan fingerprint density at radius 3 is 1.98 bits per heavy atom. The Bertz CT molecular complexity index is 2150. The standard InChI is InChI=1S/C41H32N2/c1-3-4-15-38(42-2)32-23-24-36-37(27-32)40(30-20-18-29(19-21-30)39-16-9-10-25-43-39)34-13-7-8-14-35(34)41(36)33-22-17-28-11-5-6-12-31(28)26-33/h4-27H,3H2,1-2H3/b15-4-,42-38?. The highest BCUT2D eigenvalue weighted by atomic mass is 14.7. The number of nitrogens with zero attached hydrogens (tertiary/aromatic N) is 2. The van der Waals surface area contributed by atoms with E-state index in [9.17, 15) is 0 Å². The highest BCUT2D eigenvalue weighted by Crippen LogP contribution is 2.44. The minimum Gasteiger partial charge on any atom is -0.288 e. The van der Waals surface area contributed by atoms with Gasteiger partial charge in [0.05, 0.1) is 11.4 Å². The minimum atomic E-state index is 0.969. The van der Waals surface area contributed by atoms with E-state index < -0.39 is 0 Å². The molecule has 2 nitrogen and oxygen atoms in total. The fourth-order valence-electron chi connectivity index (χ4n) is 6.18. The normalized spacial score (nSPS) is 12.1. The van der Waals surface area contributed by atoms with Gasteiger partial charge >= 0.3 is 0 Å². The molecule has 0 fully saturated rings. The quantitative estimate of drug-likeness (QED) is 0.149. The molecule has 0 atom stereocenters. The van der Waals surface area contributed by atoms with E-state index in [-0.39, 0.29) is 0 Å². The summed E-state index contributed by atoms with van der Waals surface area (Å²) >= 11 is 0. The van der Waals surface area contributed by atoms with E-state index in [1.165, 1.54) is 54.6 Å². The zero-order chi connectivity index (χ0) is 29.2. The number of benzene rings is 6. The second-order valence-electron chi connectivity index (χ2n) is 10.8. The Kier molecular flexibility index (Phi) is 7.10. The number of allylic oxidation sites excluding steroid dienone is 2. The molecule has 0 N–H and O–H groups in total. The molecule has 2 heteroatoms. The van der Waals surface area contributed by atoms with Crippen LogP contribution in [0.3, 0.4) is 0 Å². The number of aliphatic imine (C=N–C) groups is 1. The van der Waals surface area contributed by atoms with E-state index in [4.69, 9.17) is 0 Å². The van der Waals surface area contributed by atoms with Crippen LogP contribution in [0.4, 0.5) is 0 Å². The van der Waals surface area contributed by atoms with E-state index in [1.54, 1.807) is 0 Å². The van der Waals surface area contributed by atoms with Crippen LogP contribution >= 0.6 is 0 Å². The van der Waals surface area contributed by atoms with E-state index in [1.807, 2.05) is 25.4 Å². The monoisotopic (exact) mass is 552 g/mol. The molecule has 1 heterocycles. The summed E-state index contributed by atoms with van der Waals surface area (Å²) in [5.74, 6) is 0. The van der Waals surface area contributed by atoms with Crippen molar-refractivity contribution in [1.82, 2.24) is 4.98 Å². The van der Waals surface area contributed by atoms with Crippen molar-refractivity contribution in [3.05, 3.63) is 151 Å². The average Bonchev–Trinajstić information content (AvgIpc) is 3.07. The van der Waals surface area contributed by atoms with E-state index in [2.05, 4.69) is 144 Å². The maximum Gasteiger partial charge on any atom is 0.0701 e. The van der Waals surface area contributed by atoms with Crippen LogP contribution in [0.15, 0.2) is 151 Å². The number of pyridine rings is 1. The summed E-state index contributed by atoms with van der Waals surface area (Å²) in [5.41, 5.74) is 9.09. The van der Waals surface area contributed by atoms with Crippen LogP contribution in [0.1, 0.15) is 18.9 Å². The predicted octanol–water partition coefficient (Wildman–Crippen LogP) is 10.9.